The molecule has 98 valence electrons. The van der Waals surface area contributed by atoms with Gasteiger partial charge in [-0.15, -0.1) is 0 Å². The van der Waals surface area contributed by atoms with Crippen LogP contribution in [0.4, 0.5) is 4.39 Å². The van der Waals surface area contributed by atoms with Crippen LogP contribution in [-0.4, -0.2) is 6.54 Å². The fraction of sp³-hybridized carbons (Fsp3) is 0.467. The van der Waals surface area contributed by atoms with Crippen LogP contribution in [0.3, 0.4) is 0 Å². The quantitative estimate of drug-likeness (QED) is 0.812. The molecule has 0 amide bonds. The number of furan rings is 1. The lowest BCUT2D eigenvalue weighted by Gasteiger charge is -2.02. The van der Waals surface area contributed by atoms with Crippen LogP contribution in [-0.2, 0) is 13.0 Å². The number of fused-ring (bicyclic) bond motifs is 1. The van der Waals surface area contributed by atoms with Crippen LogP contribution in [0.25, 0.3) is 11.0 Å². The summed E-state index contributed by atoms with van der Waals surface area (Å²) >= 11 is 0. The Labute approximate surface area is 107 Å². The predicted molar refractivity (Wildman–Crippen MR) is 72.3 cm³/mol. The zero-order valence-corrected chi connectivity index (χ0v) is 11.3. The van der Waals surface area contributed by atoms with Crippen LogP contribution in [0.15, 0.2) is 16.5 Å². The minimum atomic E-state index is -0.271. The number of nitrogens with one attached hydrogen (secondary N) is 1. The maximum atomic E-state index is 13.8. The normalized spacial score (nSPS) is 11.3. The zero-order valence-electron chi connectivity index (χ0n) is 11.3. The Bertz CT molecular complexity index is 545. The molecule has 1 N–H and O–H groups in total. The Kier molecular flexibility index (Phi) is 4.02. The van der Waals surface area contributed by atoms with Crippen LogP contribution in [0.5, 0.6) is 0 Å². The van der Waals surface area contributed by atoms with Crippen molar-refractivity contribution in [3.05, 3.63) is 34.8 Å². The molecule has 0 bridgehead atoms. The van der Waals surface area contributed by atoms with E-state index in [9.17, 15) is 4.39 Å². The summed E-state index contributed by atoms with van der Waals surface area (Å²) in [4.78, 5) is 0. The molecule has 3 heteroatoms. The average Bonchev–Trinajstić information content (AvgIpc) is 2.74. The van der Waals surface area contributed by atoms with E-state index in [0.29, 0.717) is 12.1 Å². The summed E-state index contributed by atoms with van der Waals surface area (Å²) in [6.45, 7) is 7.82. The van der Waals surface area contributed by atoms with E-state index in [1.807, 2.05) is 13.0 Å². The molecule has 0 saturated heterocycles. The van der Waals surface area contributed by atoms with Crippen LogP contribution in [0.2, 0.25) is 0 Å². The maximum absolute atomic E-state index is 13.8. The van der Waals surface area contributed by atoms with Crippen LogP contribution in [0, 0.1) is 12.7 Å². The summed E-state index contributed by atoms with van der Waals surface area (Å²) in [5, 5.41) is 4.26. The molecule has 0 radical (unpaired) electrons. The molecule has 0 atom stereocenters. The van der Waals surface area contributed by atoms with Crippen molar-refractivity contribution in [3.63, 3.8) is 0 Å². The molecule has 0 spiro atoms. The third kappa shape index (κ3) is 2.27. The first-order valence-corrected chi connectivity index (χ1v) is 6.59. The molecule has 2 aromatic rings. The van der Waals surface area contributed by atoms with Gasteiger partial charge in [-0.1, -0.05) is 19.9 Å². The Morgan fingerprint density at radius 2 is 2.06 bits per heavy atom. The van der Waals surface area contributed by atoms with E-state index in [2.05, 4.69) is 19.2 Å². The van der Waals surface area contributed by atoms with Gasteiger partial charge in [-0.2, -0.15) is 0 Å². The Morgan fingerprint density at radius 1 is 1.28 bits per heavy atom. The predicted octanol–water partition coefficient (Wildman–Crippen LogP) is 3.94. The highest BCUT2D eigenvalue weighted by Crippen LogP contribution is 2.31. The van der Waals surface area contributed by atoms with Crippen molar-refractivity contribution < 1.29 is 8.81 Å². The number of aryl methyl sites for hydroxylation is 2. The zero-order chi connectivity index (χ0) is 13.1. The second-order valence-electron chi connectivity index (χ2n) is 4.60. The molecule has 1 aromatic carbocycles. The molecule has 1 heterocycles. The second-order valence-corrected chi connectivity index (χ2v) is 4.60. The van der Waals surface area contributed by atoms with Crippen molar-refractivity contribution in [2.75, 3.05) is 6.54 Å². The van der Waals surface area contributed by atoms with Gasteiger partial charge in [0, 0.05) is 10.9 Å². The van der Waals surface area contributed by atoms with Crippen molar-refractivity contribution in [3.8, 4) is 0 Å². The van der Waals surface area contributed by atoms with Crippen LogP contribution < -0.4 is 5.32 Å². The molecule has 0 saturated carbocycles. The average molecular weight is 249 g/mol. The van der Waals surface area contributed by atoms with Crippen LogP contribution in [0.1, 0.15) is 37.2 Å². The van der Waals surface area contributed by atoms with E-state index in [4.69, 9.17) is 4.42 Å². The number of hydrogen-bond donors (Lipinski definition) is 1. The number of hydrogen-bond acceptors (Lipinski definition) is 2. The molecule has 0 aliphatic rings. The highest BCUT2D eigenvalue weighted by Gasteiger charge is 2.17. The molecule has 18 heavy (non-hydrogen) atoms. The first-order chi connectivity index (χ1) is 8.69. The standard InChI is InChI=1S/C15H20FNO/c1-4-8-17-9-13-11(5-2)14-10(3)6-7-12(16)15(14)18-13/h6-7,17H,4-5,8-9H2,1-3H3. The molecule has 0 aliphatic heterocycles. The number of halogens is 1. The van der Waals surface area contributed by atoms with Gasteiger partial charge in [-0.3, -0.25) is 0 Å². The van der Waals surface area contributed by atoms with E-state index < -0.39 is 0 Å². The lowest BCUT2D eigenvalue weighted by molar-refractivity contribution is 0.490. The van der Waals surface area contributed by atoms with Gasteiger partial charge in [-0.25, -0.2) is 4.39 Å². The van der Waals surface area contributed by atoms with Crippen molar-refractivity contribution in [1.82, 2.24) is 5.32 Å². The van der Waals surface area contributed by atoms with E-state index in [1.54, 1.807) is 0 Å². The molecule has 2 nitrogen and oxygen atoms in total. The van der Waals surface area contributed by atoms with E-state index in [1.165, 1.54) is 6.07 Å². The summed E-state index contributed by atoms with van der Waals surface area (Å²) < 4.78 is 19.5. The van der Waals surface area contributed by atoms with Crippen molar-refractivity contribution in [1.29, 1.82) is 0 Å². The van der Waals surface area contributed by atoms with E-state index in [-0.39, 0.29) is 5.82 Å². The fourth-order valence-corrected chi connectivity index (χ4v) is 2.35. The first-order valence-electron chi connectivity index (χ1n) is 6.59. The molecular formula is C15H20FNO. The van der Waals surface area contributed by atoms with E-state index in [0.717, 1.165) is 41.7 Å². The Morgan fingerprint density at radius 3 is 2.72 bits per heavy atom. The molecular weight excluding hydrogens is 229 g/mol. The lowest BCUT2D eigenvalue weighted by atomic mass is 10.0. The summed E-state index contributed by atoms with van der Waals surface area (Å²) in [6.07, 6.45) is 1.94. The van der Waals surface area contributed by atoms with Crippen molar-refractivity contribution in [2.24, 2.45) is 0 Å². The highest BCUT2D eigenvalue weighted by molar-refractivity contribution is 5.86. The monoisotopic (exact) mass is 249 g/mol. The topological polar surface area (TPSA) is 25.2 Å². The maximum Gasteiger partial charge on any atom is 0.170 e. The summed E-state index contributed by atoms with van der Waals surface area (Å²) in [7, 11) is 0. The minimum absolute atomic E-state index is 0.271. The second kappa shape index (κ2) is 5.53. The van der Waals surface area contributed by atoms with Gasteiger partial charge in [0.15, 0.2) is 11.4 Å². The van der Waals surface area contributed by atoms with Gasteiger partial charge in [-0.05, 0) is 37.9 Å². The minimum Gasteiger partial charge on any atom is -0.456 e. The molecule has 0 aliphatic carbocycles. The SMILES string of the molecule is CCCNCc1oc2c(F)ccc(C)c2c1CC. The molecule has 0 unspecified atom stereocenters. The van der Waals surface area contributed by atoms with Crippen LogP contribution >= 0.6 is 0 Å². The van der Waals surface area contributed by atoms with Gasteiger partial charge in [0.25, 0.3) is 0 Å². The van der Waals surface area contributed by atoms with Gasteiger partial charge < -0.3 is 9.73 Å². The first kappa shape index (κ1) is 13.1. The fourth-order valence-electron chi connectivity index (χ4n) is 2.35. The number of benzene rings is 1. The van der Waals surface area contributed by atoms with Gasteiger partial charge in [0.05, 0.1) is 6.54 Å². The number of rotatable bonds is 5. The molecule has 0 fully saturated rings. The third-order valence-corrected chi connectivity index (χ3v) is 3.25. The van der Waals surface area contributed by atoms with E-state index >= 15 is 0 Å². The van der Waals surface area contributed by atoms with Crippen molar-refractivity contribution in [2.45, 2.75) is 40.2 Å². The Balaban J connectivity index is 2.47. The summed E-state index contributed by atoms with van der Waals surface area (Å²) in [5.41, 5.74) is 2.61. The third-order valence-electron chi connectivity index (χ3n) is 3.25. The summed E-state index contributed by atoms with van der Waals surface area (Å²) in [5.74, 6) is 0.598. The van der Waals surface area contributed by atoms with Crippen molar-refractivity contribution >= 4 is 11.0 Å². The highest BCUT2D eigenvalue weighted by atomic mass is 19.1. The smallest absolute Gasteiger partial charge is 0.170 e. The molecule has 1 aromatic heterocycles. The Hall–Kier alpha value is -1.35. The molecule has 2 rings (SSSR count). The largest absolute Gasteiger partial charge is 0.456 e. The lowest BCUT2D eigenvalue weighted by Crippen LogP contribution is -2.14. The van der Waals surface area contributed by atoms with Gasteiger partial charge in [0.1, 0.15) is 5.76 Å². The van der Waals surface area contributed by atoms with Gasteiger partial charge >= 0.3 is 0 Å². The summed E-state index contributed by atoms with van der Waals surface area (Å²) in [6, 6.07) is 3.29. The van der Waals surface area contributed by atoms with Gasteiger partial charge in [0.2, 0.25) is 0 Å².